The van der Waals surface area contributed by atoms with Crippen molar-refractivity contribution in [1.29, 1.82) is 0 Å². The van der Waals surface area contributed by atoms with Crippen molar-refractivity contribution >= 4 is 15.7 Å². The second-order valence-electron chi connectivity index (χ2n) is 7.06. The van der Waals surface area contributed by atoms with E-state index in [1.54, 1.807) is 43.5 Å². The number of methoxy groups -OCH3 is 1. The number of carbonyl (C=O) groups excluding carboxylic acids is 1. The summed E-state index contributed by atoms with van der Waals surface area (Å²) in [5.41, 5.74) is 1.44. The number of ether oxygens (including phenoxy) is 1. The van der Waals surface area contributed by atoms with Crippen LogP contribution in [-0.4, -0.2) is 33.0 Å². The van der Waals surface area contributed by atoms with Crippen LogP contribution in [0.4, 0.5) is 4.39 Å². The molecule has 1 unspecified atom stereocenters. The summed E-state index contributed by atoms with van der Waals surface area (Å²) in [6, 6.07) is 14.0. The van der Waals surface area contributed by atoms with Crippen molar-refractivity contribution < 1.29 is 22.3 Å². The molecule has 0 aliphatic rings. The molecule has 1 atom stereocenters. The average molecular weight is 443 g/mol. The standard InChI is InChI=1S/C23H23FN2O4S/c1-16-12-20(9-10-21(16)24)31(28,29)22(18-4-3-11-25-14-18)15-26-23(27)13-17-5-7-19(30-2)8-6-17/h3-12,14,22H,13,15H2,1-2H3,(H,26,27). The lowest BCUT2D eigenvalue weighted by molar-refractivity contribution is -0.120. The number of carbonyl (C=O) groups is 1. The Kier molecular flexibility index (Phi) is 7.02. The fourth-order valence-corrected chi connectivity index (χ4v) is 4.86. The number of halogens is 1. The zero-order chi connectivity index (χ0) is 22.4. The molecular formula is C23H23FN2O4S. The highest BCUT2D eigenvalue weighted by atomic mass is 32.2. The van der Waals surface area contributed by atoms with Crippen LogP contribution in [-0.2, 0) is 21.1 Å². The van der Waals surface area contributed by atoms with Crippen molar-refractivity contribution in [3.63, 3.8) is 0 Å². The zero-order valence-electron chi connectivity index (χ0n) is 17.2. The third-order valence-corrected chi connectivity index (χ3v) is 7.00. The molecule has 1 amide bonds. The van der Waals surface area contributed by atoms with E-state index in [-0.39, 0.29) is 29.3 Å². The first-order valence-corrected chi connectivity index (χ1v) is 11.2. The monoisotopic (exact) mass is 442 g/mol. The average Bonchev–Trinajstić information content (AvgIpc) is 2.77. The number of aryl methyl sites for hydroxylation is 1. The quantitative estimate of drug-likeness (QED) is 0.541. The summed E-state index contributed by atoms with van der Waals surface area (Å²) in [6.07, 6.45) is 3.09. The van der Waals surface area contributed by atoms with E-state index in [2.05, 4.69) is 10.3 Å². The van der Waals surface area contributed by atoms with E-state index in [4.69, 9.17) is 4.74 Å². The lowest BCUT2D eigenvalue weighted by Crippen LogP contribution is -2.33. The van der Waals surface area contributed by atoms with Crippen molar-refractivity contribution in [2.24, 2.45) is 0 Å². The lowest BCUT2D eigenvalue weighted by atomic mass is 10.1. The van der Waals surface area contributed by atoms with Crippen LogP contribution in [0.15, 0.2) is 71.9 Å². The second-order valence-corrected chi connectivity index (χ2v) is 9.19. The normalized spacial score (nSPS) is 12.2. The second kappa shape index (κ2) is 9.70. The summed E-state index contributed by atoms with van der Waals surface area (Å²) in [4.78, 5) is 16.5. The third kappa shape index (κ3) is 5.46. The van der Waals surface area contributed by atoms with Gasteiger partial charge in [-0.15, -0.1) is 0 Å². The van der Waals surface area contributed by atoms with Crippen molar-refractivity contribution in [3.8, 4) is 5.75 Å². The number of sulfone groups is 1. The predicted octanol–water partition coefficient (Wildman–Crippen LogP) is 3.41. The highest BCUT2D eigenvalue weighted by Gasteiger charge is 2.30. The number of nitrogens with one attached hydrogen (secondary N) is 1. The van der Waals surface area contributed by atoms with Crippen LogP contribution in [0.3, 0.4) is 0 Å². The minimum absolute atomic E-state index is 0.00958. The van der Waals surface area contributed by atoms with Crippen LogP contribution < -0.4 is 10.1 Å². The molecule has 6 nitrogen and oxygen atoms in total. The number of nitrogens with zero attached hydrogens (tertiary/aromatic N) is 1. The molecule has 2 aromatic carbocycles. The van der Waals surface area contributed by atoms with Gasteiger partial charge in [0.25, 0.3) is 0 Å². The molecule has 3 rings (SSSR count). The Hall–Kier alpha value is -3.26. The minimum Gasteiger partial charge on any atom is -0.497 e. The third-order valence-electron chi connectivity index (χ3n) is 4.90. The molecule has 162 valence electrons. The van der Waals surface area contributed by atoms with E-state index < -0.39 is 20.9 Å². The molecule has 1 N–H and O–H groups in total. The maximum Gasteiger partial charge on any atom is 0.224 e. The molecule has 0 radical (unpaired) electrons. The fourth-order valence-electron chi connectivity index (χ4n) is 3.13. The Labute approximate surface area is 181 Å². The van der Waals surface area contributed by atoms with Gasteiger partial charge in [-0.1, -0.05) is 18.2 Å². The van der Waals surface area contributed by atoms with Gasteiger partial charge in [-0.2, -0.15) is 0 Å². The summed E-state index contributed by atoms with van der Waals surface area (Å²) >= 11 is 0. The predicted molar refractivity (Wildman–Crippen MR) is 115 cm³/mol. The molecule has 1 aromatic heterocycles. The van der Waals surface area contributed by atoms with Crippen molar-refractivity contribution in [2.75, 3.05) is 13.7 Å². The highest BCUT2D eigenvalue weighted by Crippen LogP contribution is 2.29. The van der Waals surface area contributed by atoms with E-state index in [9.17, 15) is 17.6 Å². The molecule has 31 heavy (non-hydrogen) atoms. The molecule has 0 saturated carbocycles. The Morgan fingerprint density at radius 1 is 1.16 bits per heavy atom. The van der Waals surface area contributed by atoms with E-state index in [1.165, 1.54) is 31.5 Å². The molecule has 0 fully saturated rings. The molecule has 0 aliphatic heterocycles. The van der Waals surface area contributed by atoms with Gasteiger partial charge in [-0.05, 0) is 60.0 Å². The Morgan fingerprint density at radius 3 is 2.52 bits per heavy atom. The number of rotatable bonds is 8. The number of hydrogen-bond donors (Lipinski definition) is 1. The topological polar surface area (TPSA) is 85.4 Å². The minimum atomic E-state index is -3.91. The molecule has 8 heteroatoms. The van der Waals surface area contributed by atoms with Crippen LogP contribution in [0.2, 0.25) is 0 Å². The van der Waals surface area contributed by atoms with Gasteiger partial charge in [-0.25, -0.2) is 12.8 Å². The molecule has 0 saturated heterocycles. The van der Waals surface area contributed by atoms with Gasteiger partial charge < -0.3 is 10.1 Å². The summed E-state index contributed by atoms with van der Waals surface area (Å²) in [5, 5.41) is 1.64. The van der Waals surface area contributed by atoms with E-state index in [1.807, 2.05) is 0 Å². The molecule has 1 heterocycles. The van der Waals surface area contributed by atoms with Crippen LogP contribution in [0.5, 0.6) is 5.75 Å². The maximum absolute atomic E-state index is 13.6. The number of pyridine rings is 1. The van der Waals surface area contributed by atoms with Crippen molar-refractivity contribution in [2.45, 2.75) is 23.5 Å². The fraction of sp³-hybridized carbons (Fsp3) is 0.217. The van der Waals surface area contributed by atoms with Gasteiger partial charge in [0.05, 0.1) is 18.4 Å². The van der Waals surface area contributed by atoms with Gasteiger partial charge >= 0.3 is 0 Å². The number of aromatic nitrogens is 1. The Balaban J connectivity index is 1.81. The van der Waals surface area contributed by atoms with Gasteiger partial charge in [0, 0.05) is 18.9 Å². The van der Waals surface area contributed by atoms with Gasteiger partial charge in [0.15, 0.2) is 9.84 Å². The Bertz CT molecular complexity index is 1150. The first-order valence-electron chi connectivity index (χ1n) is 9.61. The number of hydrogen-bond acceptors (Lipinski definition) is 5. The van der Waals surface area contributed by atoms with Crippen molar-refractivity contribution in [1.82, 2.24) is 10.3 Å². The van der Waals surface area contributed by atoms with Gasteiger partial charge in [-0.3, -0.25) is 9.78 Å². The Morgan fingerprint density at radius 2 is 1.90 bits per heavy atom. The molecule has 3 aromatic rings. The maximum atomic E-state index is 13.6. The van der Waals surface area contributed by atoms with Crippen LogP contribution in [0.1, 0.15) is 21.9 Å². The smallest absolute Gasteiger partial charge is 0.224 e. The summed E-state index contributed by atoms with van der Waals surface area (Å²) < 4.78 is 45.4. The van der Waals surface area contributed by atoms with Crippen molar-refractivity contribution in [3.05, 3.63) is 89.5 Å². The first kappa shape index (κ1) is 22.4. The van der Waals surface area contributed by atoms with E-state index in [0.29, 0.717) is 11.3 Å². The lowest BCUT2D eigenvalue weighted by Gasteiger charge is -2.19. The van der Waals surface area contributed by atoms with Crippen LogP contribution in [0.25, 0.3) is 0 Å². The molecular weight excluding hydrogens is 419 g/mol. The number of benzene rings is 2. The SMILES string of the molecule is COc1ccc(CC(=O)NCC(c2cccnc2)S(=O)(=O)c2ccc(F)c(C)c2)cc1. The molecule has 0 aliphatic carbocycles. The zero-order valence-corrected chi connectivity index (χ0v) is 18.0. The van der Waals surface area contributed by atoms with Gasteiger partial charge in [0.1, 0.15) is 16.8 Å². The van der Waals surface area contributed by atoms with Crippen LogP contribution in [0, 0.1) is 12.7 Å². The summed E-state index contributed by atoms with van der Waals surface area (Å²) in [6.45, 7) is 1.36. The molecule has 0 spiro atoms. The van der Waals surface area contributed by atoms with Gasteiger partial charge in [0.2, 0.25) is 5.91 Å². The summed E-state index contributed by atoms with van der Waals surface area (Å²) in [5.74, 6) is -0.115. The number of amides is 1. The van der Waals surface area contributed by atoms with Crippen LogP contribution >= 0.6 is 0 Å². The first-order chi connectivity index (χ1) is 14.8. The summed E-state index contributed by atoms with van der Waals surface area (Å²) in [7, 11) is -2.35. The van der Waals surface area contributed by atoms with E-state index >= 15 is 0 Å². The van der Waals surface area contributed by atoms with E-state index in [0.717, 1.165) is 11.6 Å². The largest absolute Gasteiger partial charge is 0.497 e. The highest BCUT2D eigenvalue weighted by molar-refractivity contribution is 7.91. The molecule has 0 bridgehead atoms.